The Morgan fingerprint density at radius 3 is 2.67 bits per heavy atom. The summed E-state index contributed by atoms with van der Waals surface area (Å²) in [5.41, 5.74) is 1.73. The third-order valence-corrected chi connectivity index (χ3v) is 3.14. The van der Waals surface area contributed by atoms with Crippen molar-refractivity contribution in [2.24, 2.45) is 0 Å². The monoisotopic (exact) mass is 293 g/mol. The second-order valence-electron chi connectivity index (χ2n) is 5.13. The minimum Gasteiger partial charge on any atom is -0.481 e. The van der Waals surface area contributed by atoms with Gasteiger partial charge in [0.2, 0.25) is 0 Å². The van der Waals surface area contributed by atoms with Gasteiger partial charge in [-0.3, -0.25) is 4.79 Å². The minimum atomic E-state index is -0.860. The number of carboxylic acid groups (broad SMARTS) is 1. The second kappa shape index (κ2) is 8.14. The molecule has 0 aliphatic carbocycles. The predicted molar refractivity (Wildman–Crippen MR) is 83.9 cm³/mol. The number of hydrogen-bond donors (Lipinski definition) is 3. The lowest BCUT2D eigenvalue weighted by Gasteiger charge is -2.24. The molecule has 0 fully saturated rings. The van der Waals surface area contributed by atoms with Crippen molar-refractivity contribution < 1.29 is 14.7 Å². The zero-order chi connectivity index (χ0) is 15.8. The summed E-state index contributed by atoms with van der Waals surface area (Å²) in [7, 11) is 2.00. The number of urea groups is 1. The van der Waals surface area contributed by atoms with E-state index < -0.39 is 5.97 Å². The number of benzene rings is 1. The van der Waals surface area contributed by atoms with E-state index in [1.165, 1.54) is 0 Å². The normalized spacial score (nSPS) is 10.3. The Balaban J connectivity index is 2.49. The molecule has 1 aromatic rings. The molecule has 0 aliphatic heterocycles. The fourth-order valence-corrected chi connectivity index (χ4v) is 1.72. The number of aliphatic carboxylic acids is 1. The van der Waals surface area contributed by atoms with Crippen molar-refractivity contribution in [3.05, 3.63) is 24.3 Å². The summed E-state index contributed by atoms with van der Waals surface area (Å²) in [6.45, 7) is 4.52. The lowest BCUT2D eigenvalue weighted by molar-refractivity contribution is -0.137. The van der Waals surface area contributed by atoms with Crippen LogP contribution in [0.15, 0.2) is 24.3 Å². The molecule has 116 valence electrons. The molecule has 6 heteroatoms. The molecule has 0 saturated heterocycles. The molecule has 0 heterocycles. The Morgan fingerprint density at radius 1 is 1.33 bits per heavy atom. The number of carbonyl (C=O) groups excluding carboxylic acids is 1. The third kappa shape index (κ3) is 6.16. The summed E-state index contributed by atoms with van der Waals surface area (Å²) in [5.74, 6) is -0.860. The summed E-state index contributed by atoms with van der Waals surface area (Å²) in [6, 6.07) is 7.62. The number of amides is 2. The van der Waals surface area contributed by atoms with Crippen molar-refractivity contribution in [2.75, 3.05) is 23.8 Å². The van der Waals surface area contributed by atoms with E-state index in [0.717, 1.165) is 5.69 Å². The van der Waals surface area contributed by atoms with Gasteiger partial charge in [-0.1, -0.05) is 6.07 Å². The fraction of sp³-hybridized carbons (Fsp3) is 0.467. The molecular weight excluding hydrogens is 270 g/mol. The highest BCUT2D eigenvalue weighted by Crippen LogP contribution is 2.19. The molecule has 2 amide bonds. The van der Waals surface area contributed by atoms with Crippen LogP contribution >= 0.6 is 0 Å². The molecule has 0 spiro atoms. The first-order valence-electron chi connectivity index (χ1n) is 6.99. The van der Waals surface area contributed by atoms with Gasteiger partial charge in [-0.25, -0.2) is 4.79 Å². The van der Waals surface area contributed by atoms with Crippen molar-refractivity contribution in [1.29, 1.82) is 0 Å². The molecular formula is C15H23N3O3. The van der Waals surface area contributed by atoms with Crippen molar-refractivity contribution in [1.82, 2.24) is 5.32 Å². The summed E-state index contributed by atoms with van der Waals surface area (Å²) < 4.78 is 0. The molecule has 0 radical (unpaired) electrons. The molecule has 0 bridgehead atoms. The second-order valence-corrected chi connectivity index (χ2v) is 5.13. The van der Waals surface area contributed by atoms with Crippen LogP contribution in [0.25, 0.3) is 0 Å². The van der Waals surface area contributed by atoms with E-state index in [0.29, 0.717) is 24.7 Å². The average molecular weight is 293 g/mol. The van der Waals surface area contributed by atoms with Crippen LogP contribution in [-0.4, -0.2) is 36.7 Å². The van der Waals surface area contributed by atoms with Crippen LogP contribution < -0.4 is 15.5 Å². The quantitative estimate of drug-likeness (QED) is 0.675. The minimum absolute atomic E-state index is 0.0505. The number of rotatable bonds is 7. The molecule has 1 aromatic carbocycles. The summed E-state index contributed by atoms with van der Waals surface area (Å²) in [4.78, 5) is 24.2. The van der Waals surface area contributed by atoms with E-state index in [4.69, 9.17) is 5.11 Å². The molecule has 0 aromatic heterocycles. The predicted octanol–water partition coefficient (Wildman–Crippen LogP) is 2.52. The summed E-state index contributed by atoms with van der Waals surface area (Å²) in [6.07, 6.45) is 0.466. The Kier molecular flexibility index (Phi) is 6.52. The maximum Gasteiger partial charge on any atom is 0.319 e. The van der Waals surface area contributed by atoms with Gasteiger partial charge in [-0.2, -0.15) is 0 Å². The highest BCUT2D eigenvalue weighted by atomic mass is 16.4. The van der Waals surface area contributed by atoms with Gasteiger partial charge in [-0.15, -0.1) is 0 Å². The molecule has 0 aliphatic rings. The smallest absolute Gasteiger partial charge is 0.319 e. The maximum atomic E-state index is 11.7. The van der Waals surface area contributed by atoms with Crippen LogP contribution in [0.1, 0.15) is 26.7 Å². The van der Waals surface area contributed by atoms with Crippen LogP contribution in [0.3, 0.4) is 0 Å². The standard InChI is InChI=1S/C15H23N3O3/c1-11(2)18(3)13-7-4-6-12(10-13)17-15(21)16-9-5-8-14(19)20/h4,6-7,10-11H,5,8-9H2,1-3H3,(H,19,20)(H2,16,17,21). The van der Waals surface area contributed by atoms with E-state index in [-0.39, 0.29) is 12.5 Å². The molecule has 1 rings (SSSR count). The summed E-state index contributed by atoms with van der Waals surface area (Å²) in [5, 5.41) is 13.9. The van der Waals surface area contributed by atoms with Crippen molar-refractivity contribution in [2.45, 2.75) is 32.7 Å². The maximum absolute atomic E-state index is 11.7. The lowest BCUT2D eigenvalue weighted by atomic mass is 10.2. The Morgan fingerprint density at radius 2 is 2.05 bits per heavy atom. The molecule has 0 atom stereocenters. The summed E-state index contributed by atoms with van der Waals surface area (Å²) >= 11 is 0. The molecule has 21 heavy (non-hydrogen) atoms. The number of anilines is 2. The first-order valence-corrected chi connectivity index (χ1v) is 6.99. The van der Waals surface area contributed by atoms with Gasteiger partial charge in [-0.05, 0) is 38.5 Å². The van der Waals surface area contributed by atoms with Gasteiger partial charge < -0.3 is 20.6 Å². The van der Waals surface area contributed by atoms with E-state index in [1.807, 2.05) is 31.3 Å². The topological polar surface area (TPSA) is 81.7 Å². The van der Waals surface area contributed by atoms with Gasteiger partial charge in [0.05, 0.1) is 0 Å². The largest absolute Gasteiger partial charge is 0.481 e. The first kappa shape index (κ1) is 16.8. The fourth-order valence-electron chi connectivity index (χ4n) is 1.72. The van der Waals surface area contributed by atoms with Crippen LogP contribution in [0.4, 0.5) is 16.2 Å². The zero-order valence-corrected chi connectivity index (χ0v) is 12.7. The number of carboxylic acids is 1. The average Bonchev–Trinajstić information content (AvgIpc) is 2.42. The van der Waals surface area contributed by atoms with Crippen LogP contribution in [0.5, 0.6) is 0 Å². The van der Waals surface area contributed by atoms with Crippen LogP contribution in [0.2, 0.25) is 0 Å². The zero-order valence-electron chi connectivity index (χ0n) is 12.7. The van der Waals surface area contributed by atoms with Gasteiger partial charge in [0.15, 0.2) is 0 Å². The van der Waals surface area contributed by atoms with Crippen LogP contribution in [0, 0.1) is 0 Å². The number of hydrogen-bond acceptors (Lipinski definition) is 3. The van der Waals surface area contributed by atoms with E-state index >= 15 is 0 Å². The van der Waals surface area contributed by atoms with Gasteiger partial charge in [0, 0.05) is 37.4 Å². The van der Waals surface area contributed by atoms with Crippen LogP contribution in [-0.2, 0) is 4.79 Å². The Bertz CT molecular complexity index is 489. The SMILES string of the molecule is CC(C)N(C)c1cccc(NC(=O)NCCCC(=O)O)c1. The van der Waals surface area contributed by atoms with E-state index in [1.54, 1.807) is 0 Å². The lowest BCUT2D eigenvalue weighted by Crippen LogP contribution is -2.30. The number of carbonyl (C=O) groups is 2. The molecule has 3 N–H and O–H groups in total. The van der Waals surface area contributed by atoms with Gasteiger partial charge >= 0.3 is 12.0 Å². The van der Waals surface area contributed by atoms with Crippen molar-refractivity contribution in [3.8, 4) is 0 Å². The van der Waals surface area contributed by atoms with Crippen molar-refractivity contribution in [3.63, 3.8) is 0 Å². The third-order valence-electron chi connectivity index (χ3n) is 3.14. The van der Waals surface area contributed by atoms with E-state index in [9.17, 15) is 9.59 Å². The Labute approximate surface area is 125 Å². The molecule has 6 nitrogen and oxygen atoms in total. The van der Waals surface area contributed by atoms with Crippen molar-refractivity contribution >= 4 is 23.4 Å². The van der Waals surface area contributed by atoms with Gasteiger partial charge in [0.1, 0.15) is 0 Å². The first-order chi connectivity index (χ1) is 9.90. The number of nitrogens with zero attached hydrogens (tertiary/aromatic N) is 1. The van der Waals surface area contributed by atoms with Gasteiger partial charge in [0.25, 0.3) is 0 Å². The highest BCUT2D eigenvalue weighted by molar-refractivity contribution is 5.89. The number of nitrogens with one attached hydrogen (secondary N) is 2. The highest BCUT2D eigenvalue weighted by Gasteiger charge is 2.07. The Hall–Kier alpha value is -2.24. The molecule has 0 saturated carbocycles. The molecule has 0 unspecified atom stereocenters. The van der Waals surface area contributed by atoms with E-state index in [2.05, 4.69) is 29.4 Å².